The summed E-state index contributed by atoms with van der Waals surface area (Å²) in [5.41, 5.74) is -1.80. The second-order valence-electron chi connectivity index (χ2n) is 11.0. The van der Waals surface area contributed by atoms with Crippen molar-refractivity contribution in [1.29, 1.82) is 0 Å². The average molecular weight is 538 g/mol. The van der Waals surface area contributed by atoms with Crippen LogP contribution in [0.1, 0.15) is 18.5 Å². The van der Waals surface area contributed by atoms with Crippen LogP contribution in [0.25, 0.3) is 0 Å². The molecule has 39 heavy (non-hydrogen) atoms. The molecule has 1 aromatic rings. The van der Waals surface area contributed by atoms with E-state index >= 15 is 0 Å². The third-order valence-electron chi connectivity index (χ3n) is 8.82. The van der Waals surface area contributed by atoms with Crippen molar-refractivity contribution in [2.75, 3.05) is 59.2 Å². The van der Waals surface area contributed by atoms with Gasteiger partial charge in [0.25, 0.3) is 0 Å². The summed E-state index contributed by atoms with van der Waals surface area (Å²) < 4.78 is 17.7. The normalized spacial score (nSPS) is 35.2. The van der Waals surface area contributed by atoms with E-state index in [4.69, 9.17) is 14.2 Å². The molecule has 3 saturated heterocycles. The molecule has 208 valence electrons. The van der Waals surface area contributed by atoms with Crippen molar-refractivity contribution in [3.63, 3.8) is 0 Å². The number of aliphatic hydroxyl groups is 1. The molecule has 0 aromatic heterocycles. The number of carbonyl (C=O) groups excluding carboxylic acids is 3. The molecule has 1 N–H and O–H groups in total. The van der Waals surface area contributed by atoms with E-state index in [0.717, 1.165) is 13.1 Å². The molecule has 2 amide bonds. The lowest BCUT2D eigenvalue weighted by Gasteiger charge is -2.40. The fourth-order valence-electron chi connectivity index (χ4n) is 6.99. The van der Waals surface area contributed by atoms with Crippen LogP contribution in [0.2, 0.25) is 0 Å². The lowest BCUT2D eigenvalue weighted by atomic mass is 9.75. The number of amides is 2. The number of fused-ring (bicyclic) bond motifs is 2. The summed E-state index contributed by atoms with van der Waals surface area (Å²) in [5, 5.41) is 10.6. The Balaban J connectivity index is 1.42. The van der Waals surface area contributed by atoms with Crippen molar-refractivity contribution in [1.82, 2.24) is 14.7 Å². The molecule has 6 atom stereocenters. The maximum absolute atomic E-state index is 14.5. The van der Waals surface area contributed by atoms with Crippen molar-refractivity contribution in [3.05, 3.63) is 60.2 Å². The highest BCUT2D eigenvalue weighted by Crippen LogP contribution is 2.58. The van der Waals surface area contributed by atoms with E-state index in [1.807, 2.05) is 42.5 Å². The highest BCUT2D eigenvalue weighted by molar-refractivity contribution is 5.99. The first-order chi connectivity index (χ1) is 18.9. The number of carbonyl (C=O) groups is 3. The number of esters is 1. The molecule has 0 aliphatic carbocycles. The van der Waals surface area contributed by atoms with Crippen molar-refractivity contribution in [2.45, 2.75) is 30.2 Å². The molecular weight excluding hydrogens is 502 g/mol. The van der Waals surface area contributed by atoms with Crippen LogP contribution >= 0.6 is 0 Å². The summed E-state index contributed by atoms with van der Waals surface area (Å²) in [6, 6.07) is 7.34. The standard InChI is InChI=1S/C29H35N3O7/c1-28-9-6-16-38-27(36)23(28)22-25(34)32(21(19-33)20-7-3-2-4-8-20)24-26(35)31(11-5-10-29(22,24)39-28)13-12-30-14-17-37-18-15-30/h2-10,21-24,33H,11-19H2,1H3/t21-,22+,23-,24?,28+,29+/m1/s1. The molecule has 1 unspecified atom stereocenters. The molecule has 5 aliphatic rings. The van der Waals surface area contributed by atoms with Gasteiger partial charge in [0, 0.05) is 32.7 Å². The number of rotatable bonds is 6. The monoisotopic (exact) mass is 537 g/mol. The third kappa shape index (κ3) is 4.21. The van der Waals surface area contributed by atoms with E-state index in [1.165, 1.54) is 4.90 Å². The second-order valence-corrected chi connectivity index (χ2v) is 11.0. The Hall–Kier alpha value is -3.05. The first-order valence-electron chi connectivity index (χ1n) is 13.7. The summed E-state index contributed by atoms with van der Waals surface area (Å²) >= 11 is 0. The predicted octanol–water partition coefficient (Wildman–Crippen LogP) is 0.535. The molecule has 3 fully saturated rings. The molecule has 0 radical (unpaired) electrons. The minimum absolute atomic E-state index is 0.0999. The summed E-state index contributed by atoms with van der Waals surface area (Å²) in [4.78, 5) is 47.7. The Bertz CT molecular complexity index is 1180. The van der Waals surface area contributed by atoms with Crippen LogP contribution in [-0.2, 0) is 28.6 Å². The van der Waals surface area contributed by atoms with E-state index in [1.54, 1.807) is 24.0 Å². The van der Waals surface area contributed by atoms with Crippen LogP contribution in [0.5, 0.6) is 0 Å². The Morgan fingerprint density at radius 2 is 1.77 bits per heavy atom. The molecular formula is C29H35N3O7. The van der Waals surface area contributed by atoms with Gasteiger partial charge in [-0.2, -0.15) is 0 Å². The molecule has 6 rings (SSSR count). The van der Waals surface area contributed by atoms with E-state index in [-0.39, 0.29) is 19.1 Å². The lowest BCUT2D eigenvalue weighted by molar-refractivity contribution is -0.160. The number of nitrogens with zero attached hydrogens (tertiary/aromatic N) is 3. The number of cyclic esters (lactones) is 1. The molecule has 1 spiro atoms. The van der Waals surface area contributed by atoms with Crippen LogP contribution in [0.3, 0.4) is 0 Å². The van der Waals surface area contributed by atoms with Crippen LogP contribution in [0.15, 0.2) is 54.6 Å². The first-order valence-corrected chi connectivity index (χ1v) is 13.7. The van der Waals surface area contributed by atoms with Crippen LogP contribution in [0, 0.1) is 11.8 Å². The first kappa shape index (κ1) is 26.2. The van der Waals surface area contributed by atoms with Gasteiger partial charge >= 0.3 is 5.97 Å². The number of morpholine rings is 1. The van der Waals surface area contributed by atoms with Crippen molar-refractivity contribution in [3.8, 4) is 0 Å². The molecule has 0 bridgehead atoms. The topological polar surface area (TPSA) is 109 Å². The zero-order valence-electron chi connectivity index (χ0n) is 22.1. The Morgan fingerprint density at radius 3 is 2.51 bits per heavy atom. The fourth-order valence-corrected chi connectivity index (χ4v) is 6.99. The van der Waals surface area contributed by atoms with Gasteiger partial charge < -0.3 is 29.1 Å². The molecule has 5 aliphatic heterocycles. The quantitative estimate of drug-likeness (QED) is 0.414. The van der Waals surface area contributed by atoms with Gasteiger partial charge in [0.2, 0.25) is 11.8 Å². The molecule has 0 saturated carbocycles. The van der Waals surface area contributed by atoms with Gasteiger partial charge in [-0.1, -0.05) is 48.6 Å². The number of aliphatic hydroxyl groups excluding tert-OH is 1. The van der Waals surface area contributed by atoms with Gasteiger partial charge in [-0.25, -0.2) is 0 Å². The second kappa shape index (κ2) is 10.2. The van der Waals surface area contributed by atoms with Crippen molar-refractivity contribution >= 4 is 17.8 Å². The van der Waals surface area contributed by atoms with Crippen molar-refractivity contribution in [2.24, 2.45) is 11.8 Å². The van der Waals surface area contributed by atoms with Gasteiger partial charge in [-0.3, -0.25) is 19.3 Å². The maximum atomic E-state index is 14.5. The van der Waals surface area contributed by atoms with Gasteiger partial charge in [-0.15, -0.1) is 0 Å². The van der Waals surface area contributed by atoms with Crippen LogP contribution in [-0.4, -0.2) is 114 Å². The number of hydrogen-bond acceptors (Lipinski definition) is 8. The molecule has 10 heteroatoms. The number of benzene rings is 1. The lowest BCUT2D eigenvalue weighted by Crippen LogP contribution is -2.57. The third-order valence-corrected chi connectivity index (χ3v) is 8.82. The Kier molecular flexibility index (Phi) is 6.83. The van der Waals surface area contributed by atoms with Gasteiger partial charge in [0.05, 0.1) is 37.4 Å². The highest BCUT2D eigenvalue weighted by Gasteiger charge is 2.75. The summed E-state index contributed by atoms with van der Waals surface area (Å²) in [7, 11) is 0. The van der Waals surface area contributed by atoms with E-state index in [9.17, 15) is 19.5 Å². The van der Waals surface area contributed by atoms with Crippen LogP contribution < -0.4 is 0 Å². The molecule has 10 nitrogen and oxygen atoms in total. The Morgan fingerprint density at radius 1 is 1.00 bits per heavy atom. The molecule has 5 heterocycles. The van der Waals surface area contributed by atoms with E-state index < -0.39 is 47.0 Å². The van der Waals surface area contributed by atoms with Crippen molar-refractivity contribution < 1.29 is 33.7 Å². The number of hydrogen-bond donors (Lipinski definition) is 1. The average Bonchev–Trinajstić information content (AvgIpc) is 3.21. The molecule has 1 aromatic carbocycles. The van der Waals surface area contributed by atoms with Crippen LogP contribution in [0.4, 0.5) is 0 Å². The smallest absolute Gasteiger partial charge is 0.313 e. The van der Waals surface area contributed by atoms with E-state index in [2.05, 4.69) is 4.90 Å². The summed E-state index contributed by atoms with van der Waals surface area (Å²) in [6.45, 7) is 5.94. The SMILES string of the molecule is C[C@]12C=CCOC(=O)[C@H]1[C@H]1C(=O)N([C@H](CO)c3ccccc3)C3C(=O)N(CCN4CCOCC4)CC=C[C@@]31O2. The van der Waals surface area contributed by atoms with Gasteiger partial charge in [0.1, 0.15) is 24.2 Å². The maximum Gasteiger partial charge on any atom is 0.313 e. The zero-order chi connectivity index (χ0) is 27.2. The predicted molar refractivity (Wildman–Crippen MR) is 139 cm³/mol. The van der Waals surface area contributed by atoms with Gasteiger partial charge in [-0.05, 0) is 18.6 Å². The fraction of sp³-hybridized carbons (Fsp3) is 0.552. The summed E-state index contributed by atoms with van der Waals surface area (Å²) in [6.07, 6.45) is 7.20. The Labute approximate surface area is 227 Å². The largest absolute Gasteiger partial charge is 0.461 e. The van der Waals surface area contributed by atoms with Gasteiger partial charge in [0.15, 0.2) is 0 Å². The minimum Gasteiger partial charge on any atom is -0.461 e. The zero-order valence-corrected chi connectivity index (χ0v) is 22.1. The summed E-state index contributed by atoms with van der Waals surface area (Å²) in [5.74, 6) is -3.07. The highest BCUT2D eigenvalue weighted by atomic mass is 16.6. The van der Waals surface area contributed by atoms with E-state index in [0.29, 0.717) is 38.4 Å². The number of ether oxygens (including phenoxy) is 3. The minimum atomic E-state index is -1.38. The number of likely N-dealkylation sites (tertiary alicyclic amines) is 1.